The fourth-order valence-electron chi connectivity index (χ4n) is 1.75. The zero-order valence-electron chi connectivity index (χ0n) is 7.20. The maximum atomic E-state index is 9.59. The number of rotatable bonds is 2. The van der Waals surface area contributed by atoms with Crippen molar-refractivity contribution < 1.29 is 5.11 Å². The molecular formula is C10H12ClNO. The first-order valence-electron chi connectivity index (χ1n) is 4.41. The van der Waals surface area contributed by atoms with Crippen molar-refractivity contribution in [2.75, 3.05) is 6.54 Å². The molecule has 0 amide bonds. The van der Waals surface area contributed by atoms with Crippen LogP contribution in [-0.2, 0) is 0 Å². The third-order valence-electron chi connectivity index (χ3n) is 2.63. The van der Waals surface area contributed by atoms with Crippen LogP contribution in [0.25, 0.3) is 0 Å². The average Bonchev–Trinajstić information content (AvgIpc) is 2.83. The quantitative estimate of drug-likeness (QED) is 0.763. The summed E-state index contributed by atoms with van der Waals surface area (Å²) in [6.45, 7) is 0.676. The van der Waals surface area contributed by atoms with Crippen LogP contribution in [0.3, 0.4) is 0 Å². The lowest BCUT2D eigenvalue weighted by molar-refractivity contribution is 0.467. The van der Waals surface area contributed by atoms with E-state index in [9.17, 15) is 5.11 Å². The van der Waals surface area contributed by atoms with Gasteiger partial charge in [0.05, 0.1) is 0 Å². The molecule has 70 valence electrons. The Balaban J connectivity index is 2.30. The molecule has 13 heavy (non-hydrogen) atoms. The molecule has 0 saturated heterocycles. The molecule has 0 heterocycles. The molecule has 0 aliphatic heterocycles. The topological polar surface area (TPSA) is 46.2 Å². The van der Waals surface area contributed by atoms with Crippen molar-refractivity contribution in [1.82, 2.24) is 0 Å². The van der Waals surface area contributed by atoms with E-state index in [1.54, 1.807) is 12.1 Å². The Labute approximate surface area is 82.3 Å². The van der Waals surface area contributed by atoms with E-state index in [1.165, 1.54) is 0 Å². The summed E-state index contributed by atoms with van der Waals surface area (Å²) in [7, 11) is 0. The molecule has 0 spiro atoms. The molecule has 3 N–H and O–H groups in total. The highest BCUT2D eigenvalue weighted by molar-refractivity contribution is 6.31. The van der Waals surface area contributed by atoms with Gasteiger partial charge in [0.1, 0.15) is 5.75 Å². The van der Waals surface area contributed by atoms with E-state index in [0.717, 1.165) is 12.0 Å². The van der Waals surface area contributed by atoms with Crippen LogP contribution in [0, 0.1) is 5.92 Å². The Hall–Kier alpha value is -0.730. The van der Waals surface area contributed by atoms with Crippen LogP contribution >= 0.6 is 11.6 Å². The SMILES string of the molecule is NC[C@@H]1C[C@H]1c1c(O)cccc1Cl. The van der Waals surface area contributed by atoms with Gasteiger partial charge in [0.2, 0.25) is 0 Å². The summed E-state index contributed by atoms with van der Waals surface area (Å²) in [5.41, 5.74) is 6.41. The predicted octanol–water partition coefficient (Wildman–Crippen LogP) is 2.11. The molecule has 1 saturated carbocycles. The number of hydrogen-bond acceptors (Lipinski definition) is 2. The number of phenols is 1. The number of aromatic hydroxyl groups is 1. The van der Waals surface area contributed by atoms with Gasteiger partial charge in [-0.05, 0) is 36.9 Å². The first kappa shape index (κ1) is 8.85. The lowest BCUT2D eigenvalue weighted by Crippen LogP contribution is -2.02. The van der Waals surface area contributed by atoms with Crippen LogP contribution in [0.2, 0.25) is 5.02 Å². The second-order valence-corrected chi connectivity index (χ2v) is 3.92. The maximum Gasteiger partial charge on any atom is 0.120 e. The van der Waals surface area contributed by atoms with Crippen molar-refractivity contribution in [3.8, 4) is 5.75 Å². The van der Waals surface area contributed by atoms with E-state index in [-0.39, 0.29) is 0 Å². The van der Waals surface area contributed by atoms with E-state index in [4.69, 9.17) is 17.3 Å². The molecule has 2 nitrogen and oxygen atoms in total. The highest BCUT2D eigenvalue weighted by Gasteiger charge is 2.39. The minimum Gasteiger partial charge on any atom is -0.508 e. The number of phenolic OH excluding ortho intramolecular Hbond substituents is 1. The summed E-state index contributed by atoms with van der Waals surface area (Å²) in [4.78, 5) is 0. The average molecular weight is 198 g/mol. The summed E-state index contributed by atoms with van der Waals surface area (Å²) < 4.78 is 0. The number of nitrogens with two attached hydrogens (primary N) is 1. The Kier molecular flexibility index (Phi) is 2.18. The van der Waals surface area contributed by atoms with Crippen molar-refractivity contribution in [1.29, 1.82) is 0 Å². The third kappa shape index (κ3) is 1.52. The van der Waals surface area contributed by atoms with Crippen molar-refractivity contribution in [3.63, 3.8) is 0 Å². The number of benzene rings is 1. The van der Waals surface area contributed by atoms with E-state index in [0.29, 0.717) is 29.2 Å². The molecule has 3 heteroatoms. The third-order valence-corrected chi connectivity index (χ3v) is 2.96. The lowest BCUT2D eigenvalue weighted by Gasteiger charge is -2.05. The van der Waals surface area contributed by atoms with E-state index < -0.39 is 0 Å². The van der Waals surface area contributed by atoms with Gasteiger partial charge in [0, 0.05) is 10.6 Å². The van der Waals surface area contributed by atoms with Gasteiger partial charge in [-0.1, -0.05) is 17.7 Å². The summed E-state index contributed by atoms with van der Waals surface area (Å²) in [6, 6.07) is 5.23. The largest absolute Gasteiger partial charge is 0.508 e. The first-order chi connectivity index (χ1) is 6.24. The van der Waals surface area contributed by atoms with Crippen molar-refractivity contribution in [2.45, 2.75) is 12.3 Å². The molecule has 1 aliphatic carbocycles. The van der Waals surface area contributed by atoms with Crippen LogP contribution in [0.4, 0.5) is 0 Å². The van der Waals surface area contributed by atoms with Gasteiger partial charge in [0.15, 0.2) is 0 Å². The van der Waals surface area contributed by atoms with Gasteiger partial charge in [-0.3, -0.25) is 0 Å². The standard InChI is InChI=1S/C10H12ClNO/c11-8-2-1-3-9(13)10(8)7-4-6(7)5-12/h1-3,6-7,13H,4-5,12H2/t6-,7+/m0/s1. The smallest absolute Gasteiger partial charge is 0.120 e. The van der Waals surface area contributed by atoms with Gasteiger partial charge in [-0.2, -0.15) is 0 Å². The summed E-state index contributed by atoms with van der Waals surface area (Å²) >= 11 is 5.99. The minimum absolute atomic E-state index is 0.299. The predicted molar refractivity (Wildman–Crippen MR) is 53.0 cm³/mol. The molecule has 0 aromatic heterocycles. The molecule has 0 radical (unpaired) electrons. The normalized spacial score (nSPS) is 26.0. The first-order valence-corrected chi connectivity index (χ1v) is 4.79. The monoisotopic (exact) mass is 197 g/mol. The fourth-order valence-corrected chi connectivity index (χ4v) is 2.06. The van der Waals surface area contributed by atoms with Gasteiger partial charge < -0.3 is 10.8 Å². The minimum atomic E-state index is 0.299. The van der Waals surface area contributed by atoms with Crippen LogP contribution in [-0.4, -0.2) is 11.7 Å². The molecule has 1 aromatic carbocycles. The zero-order chi connectivity index (χ0) is 9.42. The van der Waals surface area contributed by atoms with E-state index in [1.807, 2.05) is 6.07 Å². The highest BCUT2D eigenvalue weighted by Crippen LogP contribution is 2.51. The van der Waals surface area contributed by atoms with Crippen molar-refractivity contribution >= 4 is 11.6 Å². The fraction of sp³-hybridized carbons (Fsp3) is 0.400. The number of halogens is 1. The van der Waals surface area contributed by atoms with Gasteiger partial charge in [-0.25, -0.2) is 0 Å². The highest BCUT2D eigenvalue weighted by atomic mass is 35.5. The van der Waals surface area contributed by atoms with Gasteiger partial charge in [0.25, 0.3) is 0 Å². The van der Waals surface area contributed by atoms with Crippen LogP contribution in [0.5, 0.6) is 5.75 Å². The van der Waals surface area contributed by atoms with Crippen LogP contribution in [0.15, 0.2) is 18.2 Å². The molecule has 1 aromatic rings. The molecule has 0 unspecified atom stereocenters. The van der Waals surface area contributed by atoms with Gasteiger partial charge in [-0.15, -0.1) is 0 Å². The Bertz CT molecular complexity index is 306. The van der Waals surface area contributed by atoms with Crippen LogP contribution < -0.4 is 5.73 Å². The molecular weight excluding hydrogens is 186 g/mol. The summed E-state index contributed by atoms with van der Waals surface area (Å²) in [5.74, 6) is 1.18. The van der Waals surface area contributed by atoms with Crippen molar-refractivity contribution in [2.24, 2.45) is 11.7 Å². The lowest BCUT2D eigenvalue weighted by atomic mass is 10.1. The molecule has 1 aliphatic rings. The molecule has 2 atom stereocenters. The Morgan fingerprint density at radius 2 is 2.31 bits per heavy atom. The Morgan fingerprint density at radius 1 is 1.54 bits per heavy atom. The Morgan fingerprint density at radius 3 is 2.85 bits per heavy atom. The maximum absolute atomic E-state index is 9.59. The van der Waals surface area contributed by atoms with Gasteiger partial charge >= 0.3 is 0 Å². The summed E-state index contributed by atoms with van der Waals surface area (Å²) in [6.07, 6.45) is 1.05. The zero-order valence-corrected chi connectivity index (χ0v) is 7.96. The summed E-state index contributed by atoms with van der Waals surface area (Å²) in [5, 5.41) is 10.2. The second kappa shape index (κ2) is 3.20. The molecule has 1 fully saturated rings. The van der Waals surface area contributed by atoms with E-state index >= 15 is 0 Å². The molecule has 2 rings (SSSR count). The molecule has 0 bridgehead atoms. The van der Waals surface area contributed by atoms with Crippen LogP contribution in [0.1, 0.15) is 17.9 Å². The van der Waals surface area contributed by atoms with Crippen molar-refractivity contribution in [3.05, 3.63) is 28.8 Å². The second-order valence-electron chi connectivity index (χ2n) is 3.51. The number of hydrogen-bond donors (Lipinski definition) is 2. The van der Waals surface area contributed by atoms with E-state index in [2.05, 4.69) is 0 Å².